The first kappa shape index (κ1) is 19.5. The van der Waals surface area contributed by atoms with E-state index in [1.54, 1.807) is 25.1 Å². The zero-order valence-corrected chi connectivity index (χ0v) is 15.3. The highest BCUT2D eigenvalue weighted by atomic mass is 35.5. The Kier molecular flexibility index (Phi) is 6.64. The fourth-order valence-electron chi connectivity index (χ4n) is 2.11. The van der Waals surface area contributed by atoms with Crippen LogP contribution >= 0.6 is 34.8 Å². The molecule has 1 amide bonds. The van der Waals surface area contributed by atoms with Gasteiger partial charge in [0.05, 0.1) is 11.1 Å². The summed E-state index contributed by atoms with van der Waals surface area (Å²) in [6, 6.07) is 8.24. The molecule has 2 aromatic rings. The molecule has 1 N–H and O–H groups in total. The average Bonchev–Trinajstić information content (AvgIpc) is 2.52. The second kappa shape index (κ2) is 8.52. The number of nitrogens with one attached hydrogen (secondary N) is 1. The van der Waals surface area contributed by atoms with Gasteiger partial charge in [-0.25, -0.2) is 9.18 Å². The normalized spacial score (nSPS) is 11.7. The van der Waals surface area contributed by atoms with Crippen LogP contribution in [0.2, 0.25) is 15.1 Å². The Hall–Kier alpha value is -1.82. The molecule has 2 rings (SSSR count). The van der Waals surface area contributed by atoms with Crippen LogP contribution in [0, 0.1) is 5.82 Å². The molecule has 8 heteroatoms. The topological polar surface area (TPSA) is 55.4 Å². The number of esters is 1. The monoisotopic (exact) mass is 403 g/mol. The summed E-state index contributed by atoms with van der Waals surface area (Å²) in [4.78, 5) is 23.8. The van der Waals surface area contributed by atoms with E-state index in [-0.39, 0.29) is 5.02 Å². The molecular formula is C17H13Cl3FNO3. The summed E-state index contributed by atoms with van der Waals surface area (Å²) in [7, 11) is 0. The maximum Gasteiger partial charge on any atom is 0.343 e. The van der Waals surface area contributed by atoms with Gasteiger partial charge in [0.25, 0.3) is 5.91 Å². The molecule has 1 unspecified atom stereocenters. The molecule has 0 aliphatic rings. The van der Waals surface area contributed by atoms with Crippen molar-refractivity contribution in [2.24, 2.45) is 0 Å². The highest BCUT2D eigenvalue weighted by Gasteiger charge is 2.19. The van der Waals surface area contributed by atoms with Gasteiger partial charge in [-0.05, 0) is 36.8 Å². The van der Waals surface area contributed by atoms with Crippen molar-refractivity contribution < 1.29 is 18.7 Å². The molecule has 2 aromatic carbocycles. The average molecular weight is 405 g/mol. The van der Waals surface area contributed by atoms with Gasteiger partial charge in [-0.3, -0.25) is 4.79 Å². The van der Waals surface area contributed by atoms with E-state index in [1.807, 2.05) is 0 Å². The van der Waals surface area contributed by atoms with E-state index in [0.717, 1.165) is 6.07 Å². The Labute approximate surface area is 158 Å². The van der Waals surface area contributed by atoms with Gasteiger partial charge in [0, 0.05) is 10.0 Å². The van der Waals surface area contributed by atoms with Crippen molar-refractivity contribution in [1.82, 2.24) is 5.32 Å². The van der Waals surface area contributed by atoms with Gasteiger partial charge in [0.1, 0.15) is 11.4 Å². The summed E-state index contributed by atoms with van der Waals surface area (Å²) in [5.74, 6) is -2.41. The zero-order valence-electron chi connectivity index (χ0n) is 13.0. The Morgan fingerprint density at radius 3 is 2.52 bits per heavy atom. The second-order valence-corrected chi connectivity index (χ2v) is 6.38. The minimum absolute atomic E-state index is 0.0910. The summed E-state index contributed by atoms with van der Waals surface area (Å²) in [5, 5.41) is 3.40. The largest absolute Gasteiger partial charge is 0.452 e. The fourth-order valence-corrected chi connectivity index (χ4v) is 2.92. The van der Waals surface area contributed by atoms with Crippen LogP contribution < -0.4 is 5.32 Å². The number of hydrogen-bond acceptors (Lipinski definition) is 3. The number of carbonyl (C=O) groups excluding carboxylic acids is 2. The van der Waals surface area contributed by atoms with Gasteiger partial charge in [-0.15, -0.1) is 0 Å². The zero-order chi connectivity index (χ0) is 18.6. The second-order valence-electron chi connectivity index (χ2n) is 5.13. The lowest BCUT2D eigenvalue weighted by molar-refractivity contribution is -0.124. The minimum Gasteiger partial charge on any atom is -0.452 e. The van der Waals surface area contributed by atoms with E-state index in [0.29, 0.717) is 15.6 Å². The van der Waals surface area contributed by atoms with Gasteiger partial charge in [0.15, 0.2) is 6.61 Å². The molecule has 0 radical (unpaired) electrons. The number of amides is 1. The molecule has 0 saturated carbocycles. The maximum atomic E-state index is 13.6. The molecule has 0 spiro atoms. The molecule has 0 bridgehead atoms. The van der Waals surface area contributed by atoms with Gasteiger partial charge in [-0.1, -0.05) is 46.9 Å². The van der Waals surface area contributed by atoms with Crippen molar-refractivity contribution in [3.8, 4) is 0 Å². The Bertz CT molecular complexity index is 793. The van der Waals surface area contributed by atoms with Gasteiger partial charge >= 0.3 is 5.97 Å². The van der Waals surface area contributed by atoms with E-state index in [1.165, 1.54) is 12.1 Å². The Morgan fingerprint density at radius 1 is 1.16 bits per heavy atom. The predicted molar refractivity (Wildman–Crippen MR) is 94.7 cm³/mol. The summed E-state index contributed by atoms with van der Waals surface area (Å²) in [6.07, 6.45) is 0. The Morgan fingerprint density at radius 2 is 1.88 bits per heavy atom. The van der Waals surface area contributed by atoms with Crippen LogP contribution in [0.25, 0.3) is 0 Å². The van der Waals surface area contributed by atoms with Crippen molar-refractivity contribution >= 4 is 46.7 Å². The number of ether oxygens (including phenoxy) is 1. The molecule has 0 fully saturated rings. The molecule has 4 nitrogen and oxygen atoms in total. The minimum atomic E-state index is -1.02. The molecule has 0 heterocycles. The number of benzene rings is 2. The highest BCUT2D eigenvalue weighted by molar-refractivity contribution is 6.35. The molecule has 25 heavy (non-hydrogen) atoms. The van der Waals surface area contributed by atoms with Crippen LogP contribution in [0.5, 0.6) is 0 Å². The van der Waals surface area contributed by atoms with Crippen molar-refractivity contribution in [3.63, 3.8) is 0 Å². The molecule has 1 atom stereocenters. The van der Waals surface area contributed by atoms with Gasteiger partial charge in [0.2, 0.25) is 0 Å². The van der Waals surface area contributed by atoms with Crippen molar-refractivity contribution in [3.05, 3.63) is 68.4 Å². The number of hydrogen-bond donors (Lipinski definition) is 1. The third-order valence-electron chi connectivity index (χ3n) is 3.31. The molecular weight excluding hydrogens is 392 g/mol. The smallest absolute Gasteiger partial charge is 0.343 e. The summed E-state index contributed by atoms with van der Waals surface area (Å²) < 4.78 is 18.4. The first-order valence-electron chi connectivity index (χ1n) is 7.15. The number of halogens is 4. The number of rotatable bonds is 5. The third kappa shape index (κ3) is 5.08. The summed E-state index contributed by atoms with van der Waals surface area (Å²) >= 11 is 17.7. The lowest BCUT2D eigenvalue weighted by atomic mass is 10.1. The van der Waals surface area contributed by atoms with E-state index in [4.69, 9.17) is 39.5 Å². The van der Waals surface area contributed by atoms with Crippen LogP contribution in [-0.4, -0.2) is 18.5 Å². The molecule has 0 aliphatic carbocycles. The molecule has 0 aromatic heterocycles. The van der Waals surface area contributed by atoms with Crippen molar-refractivity contribution in [1.29, 1.82) is 0 Å². The van der Waals surface area contributed by atoms with Crippen LogP contribution in [-0.2, 0) is 9.53 Å². The SMILES string of the molecule is CC(NC(=O)COC(=O)c1c(F)cccc1Cl)c1ccc(Cl)cc1Cl. The fraction of sp³-hybridized carbons (Fsp3) is 0.176. The van der Waals surface area contributed by atoms with Gasteiger partial charge in [-0.2, -0.15) is 0 Å². The maximum absolute atomic E-state index is 13.6. The van der Waals surface area contributed by atoms with E-state index in [2.05, 4.69) is 5.32 Å². The third-order valence-corrected chi connectivity index (χ3v) is 4.19. The lowest BCUT2D eigenvalue weighted by Gasteiger charge is -2.16. The quantitative estimate of drug-likeness (QED) is 0.727. The van der Waals surface area contributed by atoms with Crippen LogP contribution in [0.15, 0.2) is 36.4 Å². The molecule has 0 saturated heterocycles. The predicted octanol–water partition coefficient (Wildman–Crippen LogP) is 4.82. The summed E-state index contributed by atoms with van der Waals surface area (Å²) in [5.41, 5.74) is 0.244. The summed E-state index contributed by atoms with van der Waals surface area (Å²) in [6.45, 7) is 1.13. The van der Waals surface area contributed by atoms with E-state index >= 15 is 0 Å². The molecule has 132 valence electrons. The van der Waals surface area contributed by atoms with Crippen molar-refractivity contribution in [2.75, 3.05) is 6.61 Å². The van der Waals surface area contributed by atoms with Crippen LogP contribution in [0.1, 0.15) is 28.9 Å². The van der Waals surface area contributed by atoms with Gasteiger partial charge < -0.3 is 10.1 Å². The standard InChI is InChI=1S/C17H13Cl3FNO3/c1-9(11-6-5-10(18)7-13(11)20)22-15(23)8-25-17(24)16-12(19)3-2-4-14(16)21/h2-7,9H,8H2,1H3,(H,22,23). The number of carbonyl (C=O) groups is 2. The van der Waals surface area contributed by atoms with Crippen LogP contribution in [0.4, 0.5) is 4.39 Å². The molecule has 0 aliphatic heterocycles. The first-order valence-corrected chi connectivity index (χ1v) is 8.28. The van der Waals surface area contributed by atoms with E-state index < -0.39 is 35.9 Å². The van der Waals surface area contributed by atoms with E-state index in [9.17, 15) is 14.0 Å². The lowest BCUT2D eigenvalue weighted by Crippen LogP contribution is -2.31. The van der Waals surface area contributed by atoms with Crippen molar-refractivity contribution in [2.45, 2.75) is 13.0 Å². The highest BCUT2D eigenvalue weighted by Crippen LogP contribution is 2.26. The Balaban J connectivity index is 1.95. The van der Waals surface area contributed by atoms with Crippen LogP contribution in [0.3, 0.4) is 0 Å². The first-order chi connectivity index (χ1) is 11.8.